The SMILES string of the molecule is C[C@@H]1CC[C@H](C)N1c1nc(-c2ccccc2)ccc1C(=O)NS(=O)(=O)c1ccc[nH]c1=O. The van der Waals surface area contributed by atoms with Gasteiger partial charge in [0.2, 0.25) is 0 Å². The molecule has 0 aliphatic carbocycles. The van der Waals surface area contributed by atoms with Gasteiger partial charge in [-0.25, -0.2) is 18.1 Å². The Labute approximate surface area is 186 Å². The zero-order valence-electron chi connectivity index (χ0n) is 17.8. The topological polar surface area (TPSA) is 112 Å². The van der Waals surface area contributed by atoms with Gasteiger partial charge in [-0.2, -0.15) is 0 Å². The molecule has 0 unspecified atom stereocenters. The fourth-order valence-corrected chi connectivity index (χ4v) is 5.08. The molecule has 9 heteroatoms. The van der Waals surface area contributed by atoms with E-state index in [-0.39, 0.29) is 17.6 Å². The average Bonchev–Trinajstić information content (AvgIpc) is 3.11. The Morgan fingerprint density at radius 3 is 2.38 bits per heavy atom. The van der Waals surface area contributed by atoms with Crippen LogP contribution in [0.25, 0.3) is 11.3 Å². The quantitative estimate of drug-likeness (QED) is 0.616. The second-order valence-corrected chi connectivity index (χ2v) is 9.57. The maximum Gasteiger partial charge on any atom is 0.269 e. The normalized spacial score (nSPS) is 18.5. The van der Waals surface area contributed by atoms with Crippen LogP contribution in [0.5, 0.6) is 0 Å². The monoisotopic (exact) mass is 452 g/mol. The molecule has 0 saturated carbocycles. The van der Waals surface area contributed by atoms with Gasteiger partial charge in [0.1, 0.15) is 5.82 Å². The number of aromatic nitrogens is 2. The third-order valence-electron chi connectivity index (χ3n) is 5.68. The summed E-state index contributed by atoms with van der Waals surface area (Å²) in [5.41, 5.74) is 0.919. The number of pyridine rings is 2. The number of carbonyl (C=O) groups excluding carboxylic acids is 1. The summed E-state index contributed by atoms with van der Waals surface area (Å²) in [6.45, 7) is 4.12. The summed E-state index contributed by atoms with van der Waals surface area (Å²) in [4.78, 5) is 33.7. The Morgan fingerprint density at radius 2 is 1.72 bits per heavy atom. The van der Waals surface area contributed by atoms with Crippen molar-refractivity contribution >= 4 is 21.7 Å². The molecule has 3 heterocycles. The van der Waals surface area contributed by atoms with Crippen molar-refractivity contribution in [3.8, 4) is 11.3 Å². The first-order chi connectivity index (χ1) is 15.3. The number of anilines is 1. The van der Waals surface area contributed by atoms with Crippen molar-refractivity contribution in [3.05, 3.63) is 76.7 Å². The van der Waals surface area contributed by atoms with Crippen LogP contribution >= 0.6 is 0 Å². The summed E-state index contributed by atoms with van der Waals surface area (Å²) in [5, 5.41) is 0. The van der Waals surface area contributed by atoms with Crippen molar-refractivity contribution < 1.29 is 13.2 Å². The van der Waals surface area contributed by atoms with Crippen LogP contribution < -0.4 is 15.2 Å². The van der Waals surface area contributed by atoms with E-state index in [0.29, 0.717) is 11.5 Å². The van der Waals surface area contributed by atoms with Crippen molar-refractivity contribution in [1.82, 2.24) is 14.7 Å². The van der Waals surface area contributed by atoms with Crippen LogP contribution in [0.2, 0.25) is 0 Å². The number of aromatic amines is 1. The molecule has 3 aromatic rings. The second-order valence-electron chi connectivity index (χ2n) is 7.91. The highest BCUT2D eigenvalue weighted by Crippen LogP contribution is 2.33. The molecule has 2 atom stereocenters. The van der Waals surface area contributed by atoms with Crippen LogP contribution in [0.4, 0.5) is 5.82 Å². The van der Waals surface area contributed by atoms with E-state index in [1.807, 2.05) is 35.1 Å². The number of nitrogens with zero attached hydrogens (tertiary/aromatic N) is 2. The molecule has 4 rings (SSSR count). The molecular formula is C23H24N4O4S. The van der Waals surface area contributed by atoms with Crippen LogP contribution in [0.3, 0.4) is 0 Å². The number of hydrogen-bond donors (Lipinski definition) is 2. The van der Waals surface area contributed by atoms with Crippen LogP contribution in [-0.2, 0) is 10.0 Å². The second kappa shape index (κ2) is 8.58. The van der Waals surface area contributed by atoms with Crippen molar-refractivity contribution in [1.29, 1.82) is 0 Å². The van der Waals surface area contributed by atoms with Gasteiger partial charge in [0.15, 0.2) is 4.90 Å². The number of benzene rings is 1. The van der Waals surface area contributed by atoms with Gasteiger partial charge in [0.05, 0.1) is 11.3 Å². The Morgan fingerprint density at radius 1 is 1.03 bits per heavy atom. The lowest BCUT2D eigenvalue weighted by Crippen LogP contribution is -2.38. The average molecular weight is 453 g/mol. The Balaban J connectivity index is 1.77. The summed E-state index contributed by atoms with van der Waals surface area (Å²) in [6, 6.07) is 15.7. The maximum absolute atomic E-state index is 13.1. The number of hydrogen-bond acceptors (Lipinski definition) is 6. The van der Waals surface area contributed by atoms with E-state index in [9.17, 15) is 18.0 Å². The Kier molecular flexibility index (Phi) is 5.84. The van der Waals surface area contributed by atoms with Crippen molar-refractivity contribution in [2.75, 3.05) is 4.90 Å². The van der Waals surface area contributed by atoms with Crippen molar-refractivity contribution in [2.45, 2.75) is 43.7 Å². The lowest BCUT2D eigenvalue weighted by atomic mass is 10.1. The summed E-state index contributed by atoms with van der Waals surface area (Å²) >= 11 is 0. The smallest absolute Gasteiger partial charge is 0.269 e. The van der Waals surface area contributed by atoms with Crippen molar-refractivity contribution in [2.24, 2.45) is 0 Å². The molecule has 166 valence electrons. The zero-order valence-corrected chi connectivity index (χ0v) is 18.6. The standard InChI is InChI=1S/C23H24N4O4S/c1-15-10-11-16(2)27(15)21-18(12-13-19(25-21)17-7-4-3-5-8-17)22(28)26-32(30,31)20-9-6-14-24-23(20)29/h3-9,12-16H,10-11H2,1-2H3,(H,24,29)(H,26,28)/t15-,16+. The van der Waals surface area contributed by atoms with Crippen LogP contribution in [-0.4, -0.2) is 36.4 Å². The third-order valence-corrected chi connectivity index (χ3v) is 7.04. The molecule has 1 saturated heterocycles. The molecule has 1 amide bonds. The molecule has 1 aromatic carbocycles. The Hall–Kier alpha value is -3.46. The minimum atomic E-state index is -4.36. The predicted octanol–water partition coefficient (Wildman–Crippen LogP) is 2.93. The van der Waals surface area contributed by atoms with Gasteiger partial charge in [-0.05, 0) is 51.0 Å². The van der Waals surface area contributed by atoms with Gasteiger partial charge < -0.3 is 9.88 Å². The zero-order chi connectivity index (χ0) is 22.9. The number of rotatable bonds is 5. The van der Waals surface area contributed by atoms with Gasteiger partial charge in [-0.15, -0.1) is 0 Å². The molecule has 8 nitrogen and oxygen atoms in total. The summed E-state index contributed by atoms with van der Waals surface area (Å²) in [7, 11) is -4.36. The van der Waals surface area contributed by atoms with E-state index in [0.717, 1.165) is 24.5 Å². The highest BCUT2D eigenvalue weighted by atomic mass is 32.2. The number of carbonyl (C=O) groups is 1. The fourth-order valence-electron chi connectivity index (χ4n) is 4.05. The maximum atomic E-state index is 13.1. The lowest BCUT2D eigenvalue weighted by Gasteiger charge is -2.29. The predicted molar refractivity (Wildman–Crippen MR) is 122 cm³/mol. The molecule has 2 N–H and O–H groups in total. The summed E-state index contributed by atoms with van der Waals surface area (Å²) in [5.74, 6) is -0.403. The number of amides is 1. The minimum Gasteiger partial charge on any atom is -0.351 e. The van der Waals surface area contributed by atoms with Crippen LogP contribution in [0.15, 0.2) is 70.5 Å². The molecule has 1 aliphatic heterocycles. The van der Waals surface area contributed by atoms with E-state index in [4.69, 9.17) is 4.98 Å². The van der Waals surface area contributed by atoms with Gasteiger partial charge in [0.25, 0.3) is 21.5 Å². The van der Waals surface area contributed by atoms with E-state index in [1.54, 1.807) is 12.1 Å². The third kappa shape index (κ3) is 4.16. The molecular weight excluding hydrogens is 428 g/mol. The number of H-pyrrole nitrogens is 1. The lowest BCUT2D eigenvalue weighted by molar-refractivity contribution is 0.0981. The number of nitrogens with one attached hydrogen (secondary N) is 2. The van der Waals surface area contributed by atoms with E-state index >= 15 is 0 Å². The van der Waals surface area contributed by atoms with E-state index in [1.165, 1.54) is 12.3 Å². The first-order valence-electron chi connectivity index (χ1n) is 10.4. The molecule has 0 radical (unpaired) electrons. The molecule has 0 spiro atoms. The highest BCUT2D eigenvalue weighted by Gasteiger charge is 2.33. The summed E-state index contributed by atoms with van der Waals surface area (Å²) < 4.78 is 27.4. The Bertz CT molecular complexity index is 1290. The van der Waals surface area contributed by atoms with Gasteiger partial charge >= 0.3 is 0 Å². The first kappa shape index (κ1) is 21.8. The van der Waals surface area contributed by atoms with Gasteiger partial charge in [-0.1, -0.05) is 30.3 Å². The summed E-state index contributed by atoms with van der Waals surface area (Å²) in [6.07, 6.45) is 3.21. The number of sulfonamides is 1. The minimum absolute atomic E-state index is 0.140. The molecule has 0 bridgehead atoms. The van der Waals surface area contributed by atoms with Gasteiger partial charge in [-0.3, -0.25) is 9.59 Å². The largest absolute Gasteiger partial charge is 0.351 e. The van der Waals surface area contributed by atoms with Crippen LogP contribution in [0, 0.1) is 0 Å². The van der Waals surface area contributed by atoms with Crippen molar-refractivity contribution in [3.63, 3.8) is 0 Å². The highest BCUT2D eigenvalue weighted by molar-refractivity contribution is 7.90. The van der Waals surface area contributed by atoms with E-state index < -0.39 is 26.4 Å². The first-order valence-corrected chi connectivity index (χ1v) is 11.9. The van der Waals surface area contributed by atoms with E-state index in [2.05, 4.69) is 23.7 Å². The molecule has 1 aliphatic rings. The molecule has 1 fully saturated rings. The molecule has 32 heavy (non-hydrogen) atoms. The fraction of sp³-hybridized carbons (Fsp3) is 0.261. The van der Waals surface area contributed by atoms with Crippen LogP contribution in [0.1, 0.15) is 37.0 Å². The molecule has 2 aromatic heterocycles. The van der Waals surface area contributed by atoms with Gasteiger partial charge in [0, 0.05) is 23.8 Å².